The minimum atomic E-state index is -0.440. The largest absolute Gasteiger partial charge is 0.453 e. The number of nitrogens with zero attached hydrogens (tertiary/aromatic N) is 1. The molecule has 0 bridgehead atoms. The van der Waals surface area contributed by atoms with Crippen LogP contribution in [0.1, 0.15) is 47.5 Å². The van der Waals surface area contributed by atoms with Gasteiger partial charge >= 0.3 is 6.09 Å². The van der Waals surface area contributed by atoms with Gasteiger partial charge in [-0.1, -0.05) is 24.3 Å². The van der Waals surface area contributed by atoms with Gasteiger partial charge < -0.3 is 30.1 Å². The number of carbonyl (C=O) groups excluding carboxylic acids is 2. The number of carbonyl (C=O) groups is 2. The number of ether oxygens (including phenoxy) is 2. The summed E-state index contributed by atoms with van der Waals surface area (Å²) in [5.41, 5.74) is 2.96. The van der Waals surface area contributed by atoms with Gasteiger partial charge in [-0.15, -0.1) is 11.3 Å². The fourth-order valence-electron chi connectivity index (χ4n) is 4.57. The second kappa shape index (κ2) is 12.0. The molecule has 2 fully saturated rings. The highest BCUT2D eigenvalue weighted by Crippen LogP contribution is 2.42. The Bertz CT molecular complexity index is 1020. The lowest BCUT2D eigenvalue weighted by Gasteiger charge is -2.33. The van der Waals surface area contributed by atoms with Crippen molar-refractivity contribution in [3.8, 4) is 11.1 Å². The van der Waals surface area contributed by atoms with Crippen molar-refractivity contribution in [2.75, 3.05) is 33.4 Å². The maximum atomic E-state index is 13.4. The molecule has 1 saturated carbocycles. The number of nitrogens with one attached hydrogen (secondary N) is 2. The number of aliphatic hydroxyl groups is 1. The molecule has 0 unspecified atom stereocenters. The van der Waals surface area contributed by atoms with Gasteiger partial charge in [-0.05, 0) is 55.4 Å². The zero-order chi connectivity index (χ0) is 24.8. The lowest BCUT2D eigenvalue weighted by molar-refractivity contribution is -0.148. The van der Waals surface area contributed by atoms with Crippen LogP contribution in [0.2, 0.25) is 0 Å². The highest BCUT2D eigenvalue weighted by atomic mass is 32.1. The van der Waals surface area contributed by atoms with E-state index in [1.165, 1.54) is 12.0 Å². The third kappa shape index (κ3) is 6.22. The van der Waals surface area contributed by atoms with Gasteiger partial charge in [0.25, 0.3) is 5.91 Å². The molecular weight excluding hydrogens is 466 g/mol. The summed E-state index contributed by atoms with van der Waals surface area (Å²) in [6.07, 6.45) is 2.69. The maximum absolute atomic E-state index is 13.4. The molecule has 2 heterocycles. The number of hydrogen-bond acceptors (Lipinski definition) is 7. The van der Waals surface area contributed by atoms with E-state index in [0.717, 1.165) is 53.8 Å². The average molecular weight is 502 g/mol. The zero-order valence-electron chi connectivity index (χ0n) is 20.4. The van der Waals surface area contributed by atoms with Gasteiger partial charge in [-0.3, -0.25) is 4.79 Å². The minimum Gasteiger partial charge on any atom is -0.453 e. The highest BCUT2D eigenvalue weighted by Gasteiger charge is 2.40. The number of aliphatic hydroxyl groups excluding tert-OH is 1. The van der Waals surface area contributed by atoms with Crippen LogP contribution in [0.3, 0.4) is 0 Å². The summed E-state index contributed by atoms with van der Waals surface area (Å²) >= 11 is 1.71. The van der Waals surface area contributed by atoms with Crippen molar-refractivity contribution >= 4 is 23.3 Å². The predicted octanol–water partition coefficient (Wildman–Crippen LogP) is 3.24. The smallest absolute Gasteiger partial charge is 0.406 e. The Morgan fingerprint density at radius 3 is 2.80 bits per heavy atom. The Morgan fingerprint density at radius 2 is 2.11 bits per heavy atom. The summed E-state index contributed by atoms with van der Waals surface area (Å²) in [6.45, 7) is 4.44. The first-order valence-electron chi connectivity index (χ1n) is 12.3. The number of morpholine rings is 1. The molecule has 2 aromatic rings. The second-order valence-corrected chi connectivity index (χ2v) is 10.2. The van der Waals surface area contributed by atoms with Crippen molar-refractivity contribution in [2.24, 2.45) is 0 Å². The number of amides is 2. The molecule has 3 N–H and O–H groups in total. The molecule has 2 atom stereocenters. The standard InChI is InChI=1S/C26H35N3O5S/c1-17(29(19-9-10-19)25(31)22-15-27-12-13-34-22)24-14-21(20-7-4-3-6-18(20)16-30)23(35-24)8-5-11-28-26(32)33-2/h3-4,6-7,14,17,19,22,27,30H,5,8-13,15-16H2,1-2H3,(H,28,32)/t17-,22-/m1/s1. The molecule has 35 heavy (non-hydrogen) atoms. The fraction of sp³-hybridized carbons (Fsp3) is 0.538. The molecule has 1 saturated heterocycles. The average Bonchev–Trinajstić information content (AvgIpc) is 3.64. The van der Waals surface area contributed by atoms with E-state index in [9.17, 15) is 14.7 Å². The van der Waals surface area contributed by atoms with E-state index in [1.54, 1.807) is 11.3 Å². The van der Waals surface area contributed by atoms with Crippen molar-refractivity contribution < 1.29 is 24.2 Å². The lowest BCUT2D eigenvalue weighted by atomic mass is 9.98. The van der Waals surface area contributed by atoms with Crippen LogP contribution >= 0.6 is 11.3 Å². The number of methoxy groups -OCH3 is 1. The van der Waals surface area contributed by atoms with E-state index in [4.69, 9.17) is 4.74 Å². The third-order valence-corrected chi connectivity index (χ3v) is 7.93. The number of thiophene rings is 1. The monoisotopic (exact) mass is 501 g/mol. The van der Waals surface area contributed by atoms with E-state index >= 15 is 0 Å². The summed E-state index contributed by atoms with van der Waals surface area (Å²) in [6, 6.07) is 10.2. The molecule has 0 radical (unpaired) electrons. The number of rotatable bonds is 10. The number of alkyl carbamates (subject to hydrolysis) is 1. The van der Waals surface area contributed by atoms with Gasteiger partial charge in [-0.25, -0.2) is 4.79 Å². The molecule has 190 valence electrons. The van der Waals surface area contributed by atoms with Gasteiger partial charge in [0.1, 0.15) is 6.10 Å². The Kier molecular flexibility index (Phi) is 8.78. The molecule has 1 aromatic carbocycles. The summed E-state index contributed by atoms with van der Waals surface area (Å²) in [5.74, 6) is 0.0572. The van der Waals surface area contributed by atoms with E-state index in [2.05, 4.69) is 28.4 Å². The van der Waals surface area contributed by atoms with E-state index in [1.807, 2.05) is 29.2 Å². The van der Waals surface area contributed by atoms with E-state index in [0.29, 0.717) is 19.7 Å². The van der Waals surface area contributed by atoms with Crippen LogP contribution < -0.4 is 10.6 Å². The van der Waals surface area contributed by atoms with Crippen LogP contribution in [0.4, 0.5) is 4.79 Å². The Labute approximate surface area is 210 Å². The van der Waals surface area contributed by atoms with Crippen molar-refractivity contribution in [3.63, 3.8) is 0 Å². The fourth-order valence-corrected chi connectivity index (χ4v) is 5.84. The molecule has 0 spiro atoms. The number of aryl methyl sites for hydroxylation is 1. The predicted molar refractivity (Wildman–Crippen MR) is 135 cm³/mol. The SMILES string of the molecule is COC(=O)NCCCc1sc([C@@H](C)N(C(=O)[C@H]2CNCCO2)C2CC2)cc1-c1ccccc1CO. The molecule has 8 nitrogen and oxygen atoms in total. The van der Waals surface area contributed by atoms with Gasteiger partial charge in [0.05, 0.1) is 26.4 Å². The molecule has 1 aromatic heterocycles. The molecular formula is C26H35N3O5S. The first-order valence-corrected chi connectivity index (χ1v) is 13.1. The van der Waals surface area contributed by atoms with Crippen LogP contribution in [-0.2, 0) is 27.3 Å². The molecule has 2 aliphatic rings. The third-order valence-electron chi connectivity index (χ3n) is 6.57. The normalized spacial score (nSPS) is 18.7. The molecule has 1 aliphatic carbocycles. The molecule has 4 rings (SSSR count). The Balaban J connectivity index is 1.60. The maximum Gasteiger partial charge on any atom is 0.406 e. The summed E-state index contributed by atoms with van der Waals surface area (Å²) in [4.78, 5) is 29.2. The summed E-state index contributed by atoms with van der Waals surface area (Å²) in [7, 11) is 1.35. The highest BCUT2D eigenvalue weighted by molar-refractivity contribution is 7.12. The first-order chi connectivity index (χ1) is 17.0. The van der Waals surface area contributed by atoms with Crippen molar-refractivity contribution in [3.05, 3.63) is 45.6 Å². The Morgan fingerprint density at radius 1 is 1.31 bits per heavy atom. The van der Waals surface area contributed by atoms with Gasteiger partial charge in [-0.2, -0.15) is 0 Å². The van der Waals surface area contributed by atoms with Crippen LogP contribution in [0.25, 0.3) is 11.1 Å². The number of hydrogen-bond donors (Lipinski definition) is 3. The Hall–Kier alpha value is -2.46. The first kappa shape index (κ1) is 25.6. The van der Waals surface area contributed by atoms with Crippen LogP contribution in [-0.4, -0.2) is 67.5 Å². The molecule has 9 heteroatoms. The van der Waals surface area contributed by atoms with Crippen LogP contribution in [0.5, 0.6) is 0 Å². The van der Waals surface area contributed by atoms with Crippen LogP contribution in [0.15, 0.2) is 30.3 Å². The van der Waals surface area contributed by atoms with Crippen LogP contribution in [0, 0.1) is 0 Å². The zero-order valence-corrected chi connectivity index (χ0v) is 21.2. The molecule has 1 aliphatic heterocycles. The van der Waals surface area contributed by atoms with Crippen molar-refractivity contribution in [2.45, 2.75) is 57.4 Å². The number of benzene rings is 1. The second-order valence-electron chi connectivity index (χ2n) is 9.04. The van der Waals surface area contributed by atoms with Gasteiger partial charge in [0.15, 0.2) is 0 Å². The van der Waals surface area contributed by atoms with E-state index < -0.39 is 12.2 Å². The quantitative estimate of drug-likeness (QED) is 0.432. The topological polar surface area (TPSA) is 100 Å². The summed E-state index contributed by atoms with van der Waals surface area (Å²) < 4.78 is 10.4. The summed E-state index contributed by atoms with van der Waals surface area (Å²) in [5, 5.41) is 15.9. The van der Waals surface area contributed by atoms with Gasteiger partial charge in [0, 0.05) is 35.4 Å². The molecule has 2 amide bonds. The minimum absolute atomic E-state index is 0.0427. The van der Waals surface area contributed by atoms with Crippen molar-refractivity contribution in [1.29, 1.82) is 0 Å². The lowest BCUT2D eigenvalue weighted by Crippen LogP contribution is -2.50. The van der Waals surface area contributed by atoms with Crippen molar-refractivity contribution in [1.82, 2.24) is 15.5 Å². The van der Waals surface area contributed by atoms with E-state index in [-0.39, 0.29) is 24.6 Å². The van der Waals surface area contributed by atoms with Gasteiger partial charge in [0.2, 0.25) is 0 Å².